The molecule has 1 heterocycles. The second-order valence-electron chi connectivity index (χ2n) is 5.25. The summed E-state index contributed by atoms with van der Waals surface area (Å²) >= 11 is 12.5. The lowest BCUT2D eigenvalue weighted by molar-refractivity contribution is 0.104. The summed E-state index contributed by atoms with van der Waals surface area (Å²) in [5, 5.41) is 5.48. The van der Waals surface area contributed by atoms with Crippen molar-refractivity contribution in [2.75, 3.05) is 0 Å². The van der Waals surface area contributed by atoms with Crippen molar-refractivity contribution in [3.63, 3.8) is 0 Å². The van der Waals surface area contributed by atoms with Crippen molar-refractivity contribution in [3.8, 4) is 5.69 Å². The summed E-state index contributed by atoms with van der Waals surface area (Å²) in [4.78, 5) is 12.2. The number of nitrogens with zero attached hydrogens (tertiary/aromatic N) is 2. The van der Waals surface area contributed by atoms with E-state index in [0.717, 1.165) is 11.4 Å². The number of rotatable bonds is 4. The van der Waals surface area contributed by atoms with E-state index in [4.69, 9.17) is 23.2 Å². The molecule has 0 bridgehead atoms. The Morgan fingerprint density at radius 3 is 2.54 bits per heavy atom. The number of aromatic nitrogens is 2. The van der Waals surface area contributed by atoms with Crippen LogP contribution in [-0.2, 0) is 0 Å². The van der Waals surface area contributed by atoms with Gasteiger partial charge in [-0.2, -0.15) is 5.10 Å². The van der Waals surface area contributed by atoms with Gasteiger partial charge in [-0.1, -0.05) is 59.6 Å². The fraction of sp³-hybridized carbons (Fsp3) is 0.0526. The average Bonchev–Trinajstić information content (AvgIpc) is 2.88. The number of hydrogen-bond acceptors (Lipinski definition) is 2. The van der Waals surface area contributed by atoms with E-state index in [2.05, 4.69) is 5.10 Å². The Kier molecular flexibility index (Phi) is 4.84. The summed E-state index contributed by atoms with van der Waals surface area (Å²) in [7, 11) is 0. The molecule has 0 radical (unpaired) electrons. The first-order chi connectivity index (χ1) is 11.6. The van der Waals surface area contributed by atoms with E-state index in [9.17, 15) is 4.79 Å². The van der Waals surface area contributed by atoms with Crippen molar-refractivity contribution in [1.82, 2.24) is 9.78 Å². The van der Waals surface area contributed by atoms with Crippen LogP contribution in [0.2, 0.25) is 10.2 Å². The van der Waals surface area contributed by atoms with Crippen LogP contribution in [0.25, 0.3) is 11.8 Å². The second-order valence-corrected chi connectivity index (χ2v) is 6.04. The maximum atomic E-state index is 12.2. The molecule has 5 heteroatoms. The van der Waals surface area contributed by atoms with E-state index in [1.54, 1.807) is 35.0 Å². The van der Waals surface area contributed by atoms with Crippen LogP contribution in [0.3, 0.4) is 0 Å². The molecule has 0 atom stereocenters. The van der Waals surface area contributed by atoms with Gasteiger partial charge >= 0.3 is 0 Å². The van der Waals surface area contributed by atoms with Crippen molar-refractivity contribution >= 4 is 35.1 Å². The monoisotopic (exact) mass is 356 g/mol. The molecular formula is C19H14Cl2N2O. The first kappa shape index (κ1) is 16.5. The fourth-order valence-corrected chi connectivity index (χ4v) is 2.86. The number of allylic oxidation sites excluding steroid dienone is 1. The van der Waals surface area contributed by atoms with E-state index in [1.165, 1.54) is 6.08 Å². The molecule has 0 unspecified atom stereocenters. The molecule has 0 saturated carbocycles. The minimum Gasteiger partial charge on any atom is -0.289 e. The molecule has 3 aromatic rings. The van der Waals surface area contributed by atoms with Gasteiger partial charge in [0, 0.05) is 16.1 Å². The minimum atomic E-state index is -0.0819. The van der Waals surface area contributed by atoms with E-state index in [0.29, 0.717) is 21.3 Å². The van der Waals surface area contributed by atoms with Crippen molar-refractivity contribution in [1.29, 1.82) is 0 Å². The molecule has 0 N–H and O–H groups in total. The Balaban J connectivity index is 1.92. The van der Waals surface area contributed by atoms with Gasteiger partial charge in [0.25, 0.3) is 0 Å². The number of ketones is 1. The van der Waals surface area contributed by atoms with E-state index in [1.807, 2.05) is 37.3 Å². The molecule has 0 amide bonds. The maximum Gasteiger partial charge on any atom is 0.185 e. The fourth-order valence-electron chi connectivity index (χ4n) is 2.34. The van der Waals surface area contributed by atoms with Crippen LogP contribution in [0, 0.1) is 6.92 Å². The van der Waals surface area contributed by atoms with Gasteiger partial charge in [-0.25, -0.2) is 4.68 Å². The molecule has 2 aromatic carbocycles. The van der Waals surface area contributed by atoms with Gasteiger partial charge in [0.05, 0.1) is 11.4 Å². The van der Waals surface area contributed by atoms with E-state index < -0.39 is 0 Å². The Morgan fingerprint density at radius 2 is 1.83 bits per heavy atom. The number of halogens is 2. The smallest absolute Gasteiger partial charge is 0.185 e. The largest absolute Gasteiger partial charge is 0.289 e. The third-order valence-corrected chi connectivity index (χ3v) is 4.16. The molecule has 0 fully saturated rings. The molecule has 0 aliphatic carbocycles. The summed E-state index contributed by atoms with van der Waals surface area (Å²) in [5.74, 6) is -0.0819. The Hall–Kier alpha value is -2.36. The summed E-state index contributed by atoms with van der Waals surface area (Å²) in [6.07, 6.45) is 3.20. The summed E-state index contributed by atoms with van der Waals surface area (Å²) in [6, 6.07) is 16.3. The second kappa shape index (κ2) is 7.04. The van der Waals surface area contributed by atoms with Crippen LogP contribution in [0.15, 0.2) is 60.7 Å². The van der Waals surface area contributed by atoms with Gasteiger partial charge in [-0.3, -0.25) is 4.79 Å². The quantitative estimate of drug-likeness (QED) is 0.464. The number of carbonyl (C=O) groups is 1. The standard InChI is InChI=1S/C19H14Cl2N2O/c1-13-17(10-11-18(24)14-6-3-2-4-7-14)19(21)23(22-13)16-9-5-8-15(20)12-16/h2-12H,1H3. The maximum absolute atomic E-state index is 12.2. The van der Waals surface area contributed by atoms with Crippen LogP contribution < -0.4 is 0 Å². The first-order valence-electron chi connectivity index (χ1n) is 7.35. The lowest BCUT2D eigenvalue weighted by atomic mass is 10.1. The minimum absolute atomic E-state index is 0.0819. The molecule has 1 aromatic heterocycles. The predicted molar refractivity (Wildman–Crippen MR) is 98.1 cm³/mol. The number of aryl methyl sites for hydroxylation is 1. The molecular weight excluding hydrogens is 343 g/mol. The lowest BCUT2D eigenvalue weighted by Gasteiger charge is -2.03. The molecule has 24 heavy (non-hydrogen) atoms. The van der Waals surface area contributed by atoms with Crippen molar-refractivity contribution in [2.45, 2.75) is 6.92 Å². The highest BCUT2D eigenvalue weighted by Gasteiger charge is 2.13. The highest BCUT2D eigenvalue weighted by molar-refractivity contribution is 6.32. The molecule has 0 aliphatic heterocycles. The van der Waals surface area contributed by atoms with Gasteiger partial charge in [0.2, 0.25) is 0 Å². The van der Waals surface area contributed by atoms with Gasteiger partial charge in [-0.05, 0) is 37.3 Å². The molecule has 120 valence electrons. The third kappa shape index (κ3) is 3.42. The zero-order valence-corrected chi connectivity index (χ0v) is 14.4. The van der Waals surface area contributed by atoms with Gasteiger partial charge in [0.1, 0.15) is 5.15 Å². The average molecular weight is 357 g/mol. The van der Waals surface area contributed by atoms with Crippen LogP contribution in [0.1, 0.15) is 21.6 Å². The topological polar surface area (TPSA) is 34.9 Å². The van der Waals surface area contributed by atoms with Gasteiger partial charge in [0.15, 0.2) is 5.78 Å². The molecule has 3 nitrogen and oxygen atoms in total. The van der Waals surface area contributed by atoms with Crippen molar-refractivity contribution in [3.05, 3.63) is 87.7 Å². The molecule has 3 rings (SSSR count). The Labute approximate surface area is 150 Å². The summed E-state index contributed by atoms with van der Waals surface area (Å²) in [5.41, 5.74) is 2.84. The number of benzene rings is 2. The van der Waals surface area contributed by atoms with Gasteiger partial charge in [-0.15, -0.1) is 0 Å². The van der Waals surface area contributed by atoms with Crippen molar-refractivity contribution in [2.24, 2.45) is 0 Å². The summed E-state index contributed by atoms with van der Waals surface area (Å²) < 4.78 is 1.61. The number of hydrogen-bond donors (Lipinski definition) is 0. The van der Waals surface area contributed by atoms with E-state index >= 15 is 0 Å². The third-order valence-electron chi connectivity index (χ3n) is 3.56. The van der Waals surface area contributed by atoms with Crippen LogP contribution in [-0.4, -0.2) is 15.6 Å². The normalized spacial score (nSPS) is 11.1. The predicted octanol–water partition coefficient (Wildman–Crippen LogP) is 5.38. The highest BCUT2D eigenvalue weighted by Crippen LogP contribution is 2.26. The summed E-state index contributed by atoms with van der Waals surface area (Å²) in [6.45, 7) is 1.85. The van der Waals surface area contributed by atoms with E-state index in [-0.39, 0.29) is 5.78 Å². The van der Waals surface area contributed by atoms with Crippen LogP contribution in [0.4, 0.5) is 0 Å². The van der Waals surface area contributed by atoms with Gasteiger partial charge < -0.3 is 0 Å². The molecule has 0 saturated heterocycles. The van der Waals surface area contributed by atoms with Crippen LogP contribution >= 0.6 is 23.2 Å². The Morgan fingerprint density at radius 1 is 1.08 bits per heavy atom. The highest BCUT2D eigenvalue weighted by atomic mass is 35.5. The Bertz CT molecular complexity index is 914. The first-order valence-corrected chi connectivity index (χ1v) is 8.10. The van der Waals surface area contributed by atoms with Crippen molar-refractivity contribution < 1.29 is 4.79 Å². The van der Waals surface area contributed by atoms with Crippen LogP contribution in [0.5, 0.6) is 0 Å². The molecule has 0 spiro atoms. The lowest BCUT2D eigenvalue weighted by Crippen LogP contribution is -1.96. The SMILES string of the molecule is Cc1nn(-c2cccc(Cl)c2)c(Cl)c1C=CC(=O)c1ccccc1. The zero-order chi connectivity index (χ0) is 17.1. The zero-order valence-electron chi connectivity index (χ0n) is 12.9. The number of carbonyl (C=O) groups excluding carboxylic acids is 1. The molecule has 0 aliphatic rings.